The Morgan fingerprint density at radius 2 is 2.09 bits per heavy atom. The van der Waals surface area contributed by atoms with E-state index in [0.717, 1.165) is 17.7 Å². The Bertz CT molecular complexity index is 1090. The number of nitrogens with one attached hydrogen (secondary N) is 3. The van der Waals surface area contributed by atoms with Gasteiger partial charge in [0.1, 0.15) is 5.75 Å². The lowest BCUT2D eigenvalue weighted by atomic mass is 9.99. The average Bonchev–Trinajstić information content (AvgIpc) is 3.34. The van der Waals surface area contributed by atoms with Gasteiger partial charge in [0.25, 0.3) is 5.91 Å². The number of aromatic nitrogens is 2. The average molecular weight is 450 g/mol. The van der Waals surface area contributed by atoms with Crippen LogP contribution in [0.5, 0.6) is 5.75 Å². The van der Waals surface area contributed by atoms with Gasteiger partial charge in [-0.1, -0.05) is 37.3 Å². The van der Waals surface area contributed by atoms with Crippen LogP contribution in [-0.4, -0.2) is 52.7 Å². The highest BCUT2D eigenvalue weighted by atomic mass is 16.5. The molecular weight excluding hydrogens is 422 g/mol. The number of hydrogen-bond acceptors (Lipinski definition) is 6. The van der Waals surface area contributed by atoms with Crippen LogP contribution in [0.25, 0.3) is 0 Å². The van der Waals surface area contributed by atoms with Gasteiger partial charge in [0, 0.05) is 43.3 Å². The highest BCUT2D eigenvalue weighted by molar-refractivity contribution is 5.98. The first-order valence-corrected chi connectivity index (χ1v) is 10.9. The third-order valence-corrected chi connectivity index (χ3v) is 5.65. The highest BCUT2D eigenvalue weighted by Gasteiger charge is 2.28. The van der Waals surface area contributed by atoms with E-state index in [1.807, 2.05) is 37.3 Å². The number of carboxylic acids is 1. The summed E-state index contributed by atoms with van der Waals surface area (Å²) in [4.78, 5) is 33.3. The van der Waals surface area contributed by atoms with E-state index >= 15 is 0 Å². The van der Waals surface area contributed by atoms with Gasteiger partial charge in [0.15, 0.2) is 12.6 Å². The second-order valence-corrected chi connectivity index (χ2v) is 7.85. The zero-order valence-corrected chi connectivity index (χ0v) is 18.3. The van der Waals surface area contributed by atoms with Crippen LogP contribution in [0.2, 0.25) is 0 Å². The summed E-state index contributed by atoms with van der Waals surface area (Å²) >= 11 is 0. The zero-order valence-electron chi connectivity index (χ0n) is 18.3. The minimum atomic E-state index is -0.894. The molecule has 0 saturated heterocycles. The van der Waals surface area contributed by atoms with Crippen LogP contribution >= 0.6 is 0 Å². The van der Waals surface area contributed by atoms with Gasteiger partial charge in [-0.25, -0.2) is 4.98 Å². The van der Waals surface area contributed by atoms with Crippen molar-refractivity contribution in [2.75, 3.05) is 35.2 Å². The molecule has 2 heterocycles. The molecule has 1 aliphatic rings. The number of hydrogen-bond donors (Lipinski definition) is 4. The number of anilines is 3. The van der Waals surface area contributed by atoms with Gasteiger partial charge in [0.05, 0.1) is 11.6 Å². The number of amides is 1. The van der Waals surface area contributed by atoms with Crippen molar-refractivity contribution in [3.05, 3.63) is 66.5 Å². The minimum absolute atomic E-state index is 0.00560. The smallest absolute Gasteiger partial charge is 0.312 e. The van der Waals surface area contributed by atoms with E-state index in [2.05, 4.69) is 20.6 Å². The maximum atomic E-state index is 12.6. The number of carbonyl (C=O) groups excluding carboxylic acids is 1. The summed E-state index contributed by atoms with van der Waals surface area (Å²) in [6.07, 6.45) is 4.22. The fourth-order valence-electron chi connectivity index (χ4n) is 3.80. The zero-order chi connectivity index (χ0) is 23.2. The van der Waals surface area contributed by atoms with Crippen LogP contribution in [0.15, 0.2) is 60.9 Å². The second-order valence-electron chi connectivity index (χ2n) is 7.85. The topological polar surface area (TPSA) is 120 Å². The van der Waals surface area contributed by atoms with Crippen molar-refractivity contribution in [2.45, 2.75) is 25.3 Å². The van der Waals surface area contributed by atoms with E-state index in [-0.39, 0.29) is 25.1 Å². The standard InChI is InChI=1S/C24H27N5O4/c1-2-17(28-24-25-10-11-26-24)14-29-20-9-8-18(12-21(20)33-15-22(29)30)27-13-19(23(31)32)16-6-4-3-5-7-16/h3-12,17,19,27H,2,13-15H2,1H3,(H,31,32)(H2,25,26,28). The Balaban J connectivity index is 1.47. The van der Waals surface area contributed by atoms with E-state index in [1.165, 1.54) is 0 Å². The summed E-state index contributed by atoms with van der Waals surface area (Å²) in [7, 11) is 0. The molecular formula is C24H27N5O4. The number of rotatable bonds is 10. The van der Waals surface area contributed by atoms with Gasteiger partial charge in [0.2, 0.25) is 0 Å². The summed E-state index contributed by atoms with van der Waals surface area (Å²) in [5.74, 6) is -0.445. The highest BCUT2D eigenvalue weighted by Crippen LogP contribution is 2.35. The quantitative estimate of drug-likeness (QED) is 0.375. The summed E-state index contributed by atoms with van der Waals surface area (Å²) in [5, 5.41) is 16.1. The summed E-state index contributed by atoms with van der Waals surface area (Å²) < 4.78 is 5.68. The summed E-state index contributed by atoms with van der Waals surface area (Å²) in [6.45, 7) is 2.69. The monoisotopic (exact) mass is 449 g/mol. The molecule has 3 aromatic rings. The number of ether oxygens (including phenoxy) is 1. The molecule has 172 valence electrons. The van der Waals surface area contributed by atoms with Crippen molar-refractivity contribution in [3.63, 3.8) is 0 Å². The number of benzene rings is 2. The molecule has 1 aliphatic heterocycles. The molecule has 2 aromatic carbocycles. The first kappa shape index (κ1) is 22.2. The van der Waals surface area contributed by atoms with Crippen LogP contribution in [0.1, 0.15) is 24.8 Å². The minimum Gasteiger partial charge on any atom is -0.481 e. The SMILES string of the molecule is CCC(CN1C(=O)COc2cc(NCC(C(=O)O)c3ccccc3)ccc21)Nc1ncc[nH]1. The number of fused-ring (bicyclic) bond motifs is 1. The number of aliphatic carboxylic acids is 1. The Kier molecular flexibility index (Phi) is 6.77. The van der Waals surface area contributed by atoms with E-state index in [9.17, 15) is 14.7 Å². The number of nitrogens with zero attached hydrogens (tertiary/aromatic N) is 2. The molecule has 4 N–H and O–H groups in total. The molecule has 2 unspecified atom stereocenters. The van der Waals surface area contributed by atoms with Crippen molar-refractivity contribution in [1.29, 1.82) is 0 Å². The predicted molar refractivity (Wildman–Crippen MR) is 126 cm³/mol. The molecule has 2 atom stereocenters. The molecule has 9 heteroatoms. The van der Waals surface area contributed by atoms with Crippen LogP contribution in [0.4, 0.5) is 17.3 Å². The lowest BCUT2D eigenvalue weighted by molar-refractivity contribution is -0.138. The largest absolute Gasteiger partial charge is 0.481 e. The number of imidazole rings is 1. The van der Waals surface area contributed by atoms with Gasteiger partial charge < -0.3 is 30.4 Å². The maximum Gasteiger partial charge on any atom is 0.312 e. The summed E-state index contributed by atoms with van der Waals surface area (Å²) in [5.41, 5.74) is 2.15. The number of aromatic amines is 1. The summed E-state index contributed by atoms with van der Waals surface area (Å²) in [6, 6.07) is 14.6. The van der Waals surface area contributed by atoms with Crippen molar-refractivity contribution in [2.24, 2.45) is 0 Å². The molecule has 0 fully saturated rings. The lowest BCUT2D eigenvalue weighted by Crippen LogP contribution is -2.45. The van der Waals surface area contributed by atoms with Crippen molar-refractivity contribution >= 4 is 29.2 Å². The van der Waals surface area contributed by atoms with E-state index in [0.29, 0.717) is 23.9 Å². The molecule has 1 amide bonds. The third kappa shape index (κ3) is 5.25. The Hall–Kier alpha value is -4.01. The molecule has 9 nitrogen and oxygen atoms in total. The van der Waals surface area contributed by atoms with Gasteiger partial charge in [-0.15, -0.1) is 0 Å². The molecule has 0 bridgehead atoms. The molecule has 0 radical (unpaired) electrons. The Morgan fingerprint density at radius 3 is 2.79 bits per heavy atom. The van der Waals surface area contributed by atoms with Gasteiger partial charge in [-0.2, -0.15) is 0 Å². The lowest BCUT2D eigenvalue weighted by Gasteiger charge is -2.32. The third-order valence-electron chi connectivity index (χ3n) is 5.65. The first-order valence-electron chi connectivity index (χ1n) is 10.9. The van der Waals surface area contributed by atoms with Crippen molar-refractivity contribution in [3.8, 4) is 5.75 Å². The molecule has 0 aliphatic carbocycles. The van der Waals surface area contributed by atoms with Crippen LogP contribution in [0.3, 0.4) is 0 Å². The van der Waals surface area contributed by atoms with E-state index < -0.39 is 11.9 Å². The molecule has 33 heavy (non-hydrogen) atoms. The Labute approximate surface area is 191 Å². The van der Waals surface area contributed by atoms with E-state index in [1.54, 1.807) is 35.5 Å². The maximum absolute atomic E-state index is 12.6. The van der Waals surface area contributed by atoms with Crippen molar-refractivity contribution in [1.82, 2.24) is 9.97 Å². The normalized spacial score (nSPS) is 14.7. The van der Waals surface area contributed by atoms with Crippen LogP contribution in [-0.2, 0) is 9.59 Å². The Morgan fingerprint density at radius 1 is 1.27 bits per heavy atom. The number of H-pyrrole nitrogens is 1. The fraction of sp³-hybridized carbons (Fsp3) is 0.292. The van der Waals surface area contributed by atoms with Gasteiger partial charge in [-0.05, 0) is 24.1 Å². The van der Waals surface area contributed by atoms with Crippen molar-refractivity contribution < 1.29 is 19.4 Å². The second kappa shape index (κ2) is 10.1. The van der Waals surface area contributed by atoms with E-state index in [4.69, 9.17) is 4.74 Å². The van der Waals surface area contributed by atoms with Gasteiger partial charge >= 0.3 is 5.97 Å². The molecule has 4 rings (SSSR count). The van der Waals surface area contributed by atoms with Crippen LogP contribution < -0.4 is 20.3 Å². The van der Waals surface area contributed by atoms with Gasteiger partial charge in [-0.3, -0.25) is 9.59 Å². The number of carbonyl (C=O) groups is 2. The predicted octanol–water partition coefficient (Wildman–Crippen LogP) is 3.31. The molecule has 0 spiro atoms. The molecule has 1 aromatic heterocycles. The van der Waals surface area contributed by atoms with Crippen LogP contribution in [0, 0.1) is 0 Å². The fourth-order valence-corrected chi connectivity index (χ4v) is 3.80. The number of carboxylic acid groups (broad SMARTS) is 1. The molecule has 0 saturated carbocycles. The first-order chi connectivity index (χ1) is 16.0.